The van der Waals surface area contributed by atoms with Crippen LogP contribution in [-0.4, -0.2) is 134 Å². The Morgan fingerprint density at radius 1 is 0.640 bits per heavy atom. The smallest absolute Gasteiger partial charge is 0.337 e. The van der Waals surface area contributed by atoms with E-state index in [0.29, 0.717) is 34.5 Å². The Labute approximate surface area is 449 Å². The number of esters is 2. The lowest BCUT2D eigenvalue weighted by Gasteiger charge is -2.32. The van der Waals surface area contributed by atoms with Crippen LogP contribution in [0.3, 0.4) is 0 Å². The van der Waals surface area contributed by atoms with Crippen LogP contribution in [0.4, 0.5) is 11.6 Å². The summed E-state index contributed by atoms with van der Waals surface area (Å²) >= 11 is 3.26. The summed E-state index contributed by atoms with van der Waals surface area (Å²) < 4.78 is 11.7. The number of aromatic nitrogens is 4. The van der Waals surface area contributed by atoms with Crippen molar-refractivity contribution in [1.82, 2.24) is 40.0 Å². The van der Waals surface area contributed by atoms with E-state index < -0.39 is 5.97 Å². The summed E-state index contributed by atoms with van der Waals surface area (Å²) in [6, 6.07) is 35.1. The molecule has 0 radical (unpaired) electrons. The van der Waals surface area contributed by atoms with Crippen molar-refractivity contribution in [3.8, 4) is 5.69 Å². The molecule has 0 amide bonds. The maximum Gasteiger partial charge on any atom is 0.337 e. The van der Waals surface area contributed by atoms with Crippen LogP contribution in [0, 0.1) is 0 Å². The summed E-state index contributed by atoms with van der Waals surface area (Å²) in [5.74, 6) is 0.0554. The molecule has 6 aromatic rings. The second kappa shape index (κ2) is 32.3. The topological polar surface area (TPSA) is 188 Å². The van der Waals surface area contributed by atoms with E-state index in [0.717, 1.165) is 82.5 Å². The van der Waals surface area contributed by atoms with Crippen molar-refractivity contribution < 1.29 is 19.1 Å². The number of likely N-dealkylation sites (N-methyl/N-ethyl adjacent to an activating group) is 2. The minimum absolute atomic E-state index is 0.151. The molecule has 0 saturated carbocycles. The van der Waals surface area contributed by atoms with Crippen LogP contribution < -0.4 is 32.4 Å². The number of methoxy groups -OCH3 is 2. The first kappa shape index (κ1) is 58.9. The Balaban J connectivity index is 0.000000218. The van der Waals surface area contributed by atoms with E-state index >= 15 is 0 Å². The highest BCUT2D eigenvalue weighted by molar-refractivity contribution is 9.10. The van der Waals surface area contributed by atoms with Gasteiger partial charge < -0.3 is 35.7 Å². The zero-order chi connectivity index (χ0) is 53.8. The fourth-order valence-electron chi connectivity index (χ4n) is 8.32. The van der Waals surface area contributed by atoms with Crippen molar-refractivity contribution in [1.29, 1.82) is 0 Å². The molecule has 75 heavy (non-hydrogen) atoms. The van der Waals surface area contributed by atoms with Gasteiger partial charge in [0, 0.05) is 99.4 Å². The summed E-state index contributed by atoms with van der Waals surface area (Å²) in [6.45, 7) is 12.4. The number of aromatic amines is 1. The molecule has 0 aliphatic carbocycles. The molecule has 5 N–H and O–H groups in total. The second-order valence-corrected chi connectivity index (χ2v) is 19.1. The highest BCUT2D eigenvalue weighted by Crippen LogP contribution is 2.19. The highest BCUT2D eigenvalue weighted by atomic mass is 79.9. The molecule has 2 aliphatic rings. The van der Waals surface area contributed by atoms with E-state index in [-0.39, 0.29) is 23.1 Å². The largest absolute Gasteiger partial charge is 0.465 e. The monoisotopic (exact) mass is 1080 g/mol. The van der Waals surface area contributed by atoms with Gasteiger partial charge in [0.15, 0.2) is 11.6 Å². The minimum atomic E-state index is -0.409. The Morgan fingerprint density at radius 2 is 1.08 bits per heavy atom. The normalized spacial score (nSPS) is 14.4. The highest BCUT2D eigenvalue weighted by Gasteiger charge is 2.22. The first-order chi connectivity index (χ1) is 36.4. The van der Waals surface area contributed by atoms with Gasteiger partial charge in [-0.25, -0.2) is 19.6 Å². The van der Waals surface area contributed by atoms with Gasteiger partial charge in [0.05, 0.1) is 25.3 Å². The number of likely N-dealkylation sites (tertiary alicyclic amines) is 2. The molecule has 4 aromatic carbocycles. The number of hydrogen-bond acceptors (Lipinski definition) is 14. The average molecular weight is 1090 g/mol. The molecule has 8 rings (SSSR count). The van der Waals surface area contributed by atoms with Crippen LogP contribution in [-0.2, 0) is 9.47 Å². The van der Waals surface area contributed by atoms with Crippen LogP contribution in [0.1, 0.15) is 71.4 Å². The van der Waals surface area contributed by atoms with Gasteiger partial charge in [0.25, 0.3) is 11.1 Å². The summed E-state index contributed by atoms with van der Waals surface area (Å²) in [5.41, 5.74) is 6.49. The molecule has 0 bridgehead atoms. The van der Waals surface area contributed by atoms with Crippen molar-refractivity contribution in [3.05, 3.63) is 193 Å². The van der Waals surface area contributed by atoms with E-state index in [1.54, 1.807) is 73.3 Å². The lowest BCUT2D eigenvalue weighted by molar-refractivity contribution is 0.0592. The zero-order valence-electron chi connectivity index (χ0n) is 44.1. The predicted molar refractivity (Wildman–Crippen MR) is 306 cm³/mol. The lowest BCUT2D eigenvalue weighted by Crippen LogP contribution is -2.41. The van der Waals surface area contributed by atoms with Gasteiger partial charge in [0.2, 0.25) is 0 Å². The minimum Gasteiger partial charge on any atom is -0.465 e. The quantitative estimate of drug-likeness (QED) is 0.0459. The number of ether oxygens (including phenoxy) is 2. The number of anilines is 2. The number of hydrogen-bond donors (Lipinski definition) is 5. The van der Waals surface area contributed by atoms with Gasteiger partial charge in [-0.15, -0.1) is 0 Å². The Bertz CT molecular complexity index is 2800. The molecule has 0 spiro atoms. The Morgan fingerprint density at radius 3 is 1.52 bits per heavy atom. The van der Waals surface area contributed by atoms with Gasteiger partial charge in [0.1, 0.15) is 0 Å². The van der Waals surface area contributed by atoms with Gasteiger partial charge in [-0.05, 0) is 113 Å². The summed E-state index contributed by atoms with van der Waals surface area (Å²) in [5, 5.41) is 12.6. The van der Waals surface area contributed by atoms with Crippen LogP contribution in [0.25, 0.3) is 17.8 Å². The maximum absolute atomic E-state index is 13.0. The number of rotatable bonds is 16. The molecular formula is C58H73BrN10O6. The van der Waals surface area contributed by atoms with Crippen molar-refractivity contribution in [3.63, 3.8) is 0 Å². The van der Waals surface area contributed by atoms with E-state index in [9.17, 15) is 19.2 Å². The third-order valence-electron chi connectivity index (χ3n) is 12.2. The van der Waals surface area contributed by atoms with Crippen LogP contribution in [0.15, 0.2) is 159 Å². The molecule has 0 atom stereocenters. The molecule has 4 heterocycles. The van der Waals surface area contributed by atoms with Crippen LogP contribution in [0.2, 0.25) is 0 Å². The van der Waals surface area contributed by atoms with Gasteiger partial charge in [-0.3, -0.25) is 24.0 Å². The molecule has 398 valence electrons. The third-order valence-corrected chi connectivity index (χ3v) is 12.8. The Hall–Kier alpha value is -7.02. The lowest BCUT2D eigenvalue weighted by atomic mass is 10.0. The van der Waals surface area contributed by atoms with Crippen LogP contribution >= 0.6 is 15.9 Å². The molecule has 2 aromatic heterocycles. The molecular weight excluding hydrogens is 1010 g/mol. The number of benzene rings is 4. The van der Waals surface area contributed by atoms with E-state index in [2.05, 4.69) is 141 Å². The molecule has 16 nitrogen and oxygen atoms in total. The first-order valence-electron chi connectivity index (χ1n) is 25.2. The van der Waals surface area contributed by atoms with Crippen molar-refractivity contribution >= 4 is 51.7 Å². The Kier molecular flexibility index (Phi) is 25.4. The molecule has 2 aliphatic heterocycles. The maximum atomic E-state index is 13.0. The number of nitrogens with zero attached hydrogens (tertiary/aromatic N) is 5. The fraction of sp³-hybridized carbons (Fsp3) is 0.345. The summed E-state index contributed by atoms with van der Waals surface area (Å²) in [6.07, 6.45) is 14.8. The SMILES string of the molecule is C/C(=C\c1ccccc1)CN1CCC(Nc2ncc[nH]c2=O)CC1.CNCCNC.COC(=O)c1ccc(-n2ccnc(NC3CCN(C/C(C)=C/c4ccccc4)CC3)c2=O)cc1.COC(=O)c1ccc(Br)cc1. The van der Waals surface area contributed by atoms with E-state index in [1.807, 2.05) is 26.2 Å². The van der Waals surface area contributed by atoms with Gasteiger partial charge >= 0.3 is 11.9 Å². The number of H-pyrrole nitrogens is 1. The summed E-state index contributed by atoms with van der Waals surface area (Å²) in [7, 11) is 6.59. The van der Waals surface area contributed by atoms with E-state index in [4.69, 9.17) is 4.74 Å². The zero-order valence-corrected chi connectivity index (χ0v) is 45.6. The fourth-order valence-corrected chi connectivity index (χ4v) is 8.58. The standard InChI is InChI=1S/C27H30N4O3.C19H24N4O.C8H7BrO2.C4H12N2/c1-20(18-21-6-4-3-5-7-21)19-30-15-12-23(13-16-30)29-25-26(32)31(17-14-28-25)24-10-8-22(9-11-24)27(33)34-2;1-15(13-16-5-3-2-4-6-16)14-23-11-7-17(8-12-23)22-18-19(24)21-10-9-20-18;1-11-8(10)6-2-4-7(9)5-3-6;1-5-3-4-6-2/h3-11,14,17-18,23H,12-13,15-16,19H2,1-2H3,(H,28,29);2-6,9-10,13,17H,7-8,11-12,14H2,1H3,(H,20,22)(H,21,24);2-5H,1H3;5-6H,3-4H2,1-2H3/b20-18+;15-13+;;. The number of nitrogens with one attached hydrogen (secondary N) is 5. The van der Waals surface area contributed by atoms with Gasteiger partial charge in [-0.1, -0.05) is 99.9 Å². The van der Waals surface area contributed by atoms with Gasteiger partial charge in [-0.2, -0.15) is 0 Å². The van der Waals surface area contributed by atoms with Crippen LogP contribution in [0.5, 0.6) is 0 Å². The molecule has 0 unspecified atom stereocenters. The van der Waals surface area contributed by atoms with Crippen molar-refractivity contribution in [2.75, 3.05) is 91.3 Å². The molecule has 2 fully saturated rings. The predicted octanol–water partition coefficient (Wildman–Crippen LogP) is 8.41. The second-order valence-electron chi connectivity index (χ2n) is 18.2. The molecule has 2 saturated heterocycles. The third kappa shape index (κ3) is 20.7. The van der Waals surface area contributed by atoms with Crippen molar-refractivity contribution in [2.45, 2.75) is 51.6 Å². The number of piperidine rings is 2. The average Bonchev–Trinajstić information content (AvgIpc) is 3.43. The number of carbonyl (C=O) groups is 2. The number of carbonyl (C=O) groups excluding carboxylic acids is 2. The first-order valence-corrected chi connectivity index (χ1v) is 26.0. The molecule has 17 heteroatoms. The summed E-state index contributed by atoms with van der Waals surface area (Å²) in [4.78, 5) is 63.2. The van der Waals surface area contributed by atoms with E-state index in [1.165, 1.54) is 41.1 Å². The van der Waals surface area contributed by atoms with Crippen molar-refractivity contribution in [2.24, 2.45) is 0 Å². The number of halogens is 1.